The molecule has 1 aliphatic rings. The van der Waals surface area contributed by atoms with E-state index in [0.717, 1.165) is 19.3 Å². The van der Waals surface area contributed by atoms with Crippen molar-refractivity contribution in [2.75, 3.05) is 0 Å². The summed E-state index contributed by atoms with van der Waals surface area (Å²) in [7, 11) is -1.17. The summed E-state index contributed by atoms with van der Waals surface area (Å²) in [5, 5.41) is 18.7. The van der Waals surface area contributed by atoms with Crippen LogP contribution in [-0.2, 0) is 0 Å². The van der Waals surface area contributed by atoms with Gasteiger partial charge in [0.25, 0.3) is 0 Å². The van der Waals surface area contributed by atoms with Crippen LogP contribution in [0.15, 0.2) is 30.3 Å². The van der Waals surface area contributed by atoms with Gasteiger partial charge in [-0.25, -0.2) is 0 Å². The fourth-order valence-corrected chi connectivity index (χ4v) is 2.63. The molecule has 0 aromatic heterocycles. The first kappa shape index (κ1) is 10.7. The summed E-state index contributed by atoms with van der Waals surface area (Å²) in [5.41, 5.74) is 1.25. The van der Waals surface area contributed by atoms with Gasteiger partial charge in [-0.05, 0) is 17.9 Å². The largest absolute Gasteiger partial charge is 0.455 e. The highest BCUT2D eigenvalue weighted by Crippen LogP contribution is 2.42. The van der Waals surface area contributed by atoms with Crippen molar-refractivity contribution in [1.82, 2.24) is 0 Å². The lowest BCUT2D eigenvalue weighted by Crippen LogP contribution is -2.28. The monoisotopic (exact) mass is 204 g/mol. The van der Waals surface area contributed by atoms with Crippen molar-refractivity contribution in [3.8, 4) is 0 Å². The molecule has 1 aromatic rings. The van der Waals surface area contributed by atoms with Crippen LogP contribution in [0, 0.1) is 0 Å². The maximum atomic E-state index is 9.36. The maximum Gasteiger partial charge on any atom is 0.455 e. The molecular weight excluding hydrogens is 187 g/mol. The molecule has 0 spiro atoms. The Morgan fingerprint density at radius 3 is 2.33 bits per heavy atom. The Hall–Kier alpha value is -0.795. The van der Waals surface area contributed by atoms with Gasteiger partial charge in [-0.15, -0.1) is 0 Å². The maximum absolute atomic E-state index is 9.36. The van der Waals surface area contributed by atoms with Gasteiger partial charge in [0.1, 0.15) is 0 Å². The highest BCUT2D eigenvalue weighted by molar-refractivity contribution is 6.43. The molecule has 0 amide bonds. The van der Waals surface area contributed by atoms with Crippen LogP contribution in [0.4, 0.5) is 0 Å². The van der Waals surface area contributed by atoms with Crippen LogP contribution in [0.2, 0.25) is 5.82 Å². The van der Waals surface area contributed by atoms with E-state index in [1.54, 1.807) is 0 Å². The number of hydrogen-bond acceptors (Lipinski definition) is 2. The molecule has 0 bridgehead atoms. The second kappa shape index (κ2) is 4.82. The van der Waals surface area contributed by atoms with Crippen molar-refractivity contribution in [2.24, 2.45) is 0 Å². The highest BCUT2D eigenvalue weighted by Gasteiger charge is 2.34. The van der Waals surface area contributed by atoms with Gasteiger partial charge in [0, 0.05) is 5.82 Å². The molecular formula is C12H17BO2. The summed E-state index contributed by atoms with van der Waals surface area (Å²) in [4.78, 5) is 0. The van der Waals surface area contributed by atoms with Gasteiger partial charge in [0.2, 0.25) is 0 Å². The van der Waals surface area contributed by atoms with Gasteiger partial charge in [-0.3, -0.25) is 0 Å². The zero-order valence-electron chi connectivity index (χ0n) is 8.84. The molecule has 80 valence electrons. The molecule has 2 rings (SSSR count). The van der Waals surface area contributed by atoms with Crippen LogP contribution in [0.3, 0.4) is 0 Å². The van der Waals surface area contributed by atoms with Gasteiger partial charge in [0.05, 0.1) is 0 Å². The van der Waals surface area contributed by atoms with E-state index in [1.807, 2.05) is 18.2 Å². The fraction of sp³-hybridized carbons (Fsp3) is 0.500. The predicted molar refractivity (Wildman–Crippen MR) is 61.6 cm³/mol. The van der Waals surface area contributed by atoms with Gasteiger partial charge < -0.3 is 10.0 Å². The SMILES string of the molecule is OB(O)[C@@H]1CCCC[C@@H]1c1ccccc1. The fourth-order valence-electron chi connectivity index (χ4n) is 2.63. The van der Waals surface area contributed by atoms with Crippen LogP contribution >= 0.6 is 0 Å². The first-order chi connectivity index (χ1) is 7.29. The second-order valence-electron chi connectivity index (χ2n) is 4.38. The lowest BCUT2D eigenvalue weighted by Gasteiger charge is -2.31. The number of rotatable bonds is 2. The van der Waals surface area contributed by atoms with E-state index in [9.17, 15) is 10.0 Å². The van der Waals surface area contributed by atoms with Crippen LogP contribution in [-0.4, -0.2) is 17.2 Å². The lowest BCUT2D eigenvalue weighted by atomic mass is 9.58. The van der Waals surface area contributed by atoms with Crippen LogP contribution in [0.5, 0.6) is 0 Å². The van der Waals surface area contributed by atoms with Crippen molar-refractivity contribution in [2.45, 2.75) is 37.4 Å². The topological polar surface area (TPSA) is 40.5 Å². The average molecular weight is 204 g/mol. The lowest BCUT2D eigenvalue weighted by molar-refractivity contribution is 0.330. The Bertz CT molecular complexity index is 300. The van der Waals surface area contributed by atoms with Crippen molar-refractivity contribution >= 4 is 7.12 Å². The zero-order valence-corrected chi connectivity index (χ0v) is 8.84. The normalized spacial score (nSPS) is 26.3. The Kier molecular flexibility index (Phi) is 3.44. The summed E-state index contributed by atoms with van der Waals surface area (Å²) in [5.74, 6) is 0.334. The summed E-state index contributed by atoms with van der Waals surface area (Å²) in [6.07, 6.45) is 4.32. The van der Waals surface area contributed by atoms with Crippen molar-refractivity contribution in [1.29, 1.82) is 0 Å². The standard InChI is InChI=1S/C12H17BO2/c14-13(15)12-9-5-4-8-11(12)10-6-2-1-3-7-10/h1-3,6-7,11-12,14-15H,4-5,8-9H2/t11-,12-/m1/s1. The second-order valence-corrected chi connectivity index (χ2v) is 4.38. The van der Waals surface area contributed by atoms with Gasteiger partial charge >= 0.3 is 7.12 Å². The van der Waals surface area contributed by atoms with Crippen LogP contribution in [0.25, 0.3) is 0 Å². The van der Waals surface area contributed by atoms with Gasteiger partial charge in [-0.2, -0.15) is 0 Å². The molecule has 3 heteroatoms. The van der Waals surface area contributed by atoms with E-state index < -0.39 is 7.12 Å². The first-order valence-corrected chi connectivity index (χ1v) is 5.70. The molecule has 0 radical (unpaired) electrons. The molecule has 1 aliphatic carbocycles. The zero-order chi connectivity index (χ0) is 10.7. The molecule has 2 nitrogen and oxygen atoms in total. The summed E-state index contributed by atoms with van der Waals surface area (Å²) >= 11 is 0. The highest BCUT2D eigenvalue weighted by atomic mass is 16.4. The summed E-state index contributed by atoms with van der Waals surface area (Å²) < 4.78 is 0. The average Bonchev–Trinajstić information content (AvgIpc) is 2.30. The number of hydrogen-bond donors (Lipinski definition) is 2. The Morgan fingerprint density at radius 1 is 1.00 bits per heavy atom. The summed E-state index contributed by atoms with van der Waals surface area (Å²) in [6.45, 7) is 0. The molecule has 0 heterocycles. The summed E-state index contributed by atoms with van der Waals surface area (Å²) in [6, 6.07) is 10.2. The predicted octanol–water partition coefficient (Wildman–Crippen LogP) is 2.19. The van der Waals surface area contributed by atoms with Crippen LogP contribution < -0.4 is 0 Å². The van der Waals surface area contributed by atoms with Crippen molar-refractivity contribution < 1.29 is 10.0 Å². The van der Waals surface area contributed by atoms with E-state index in [1.165, 1.54) is 12.0 Å². The molecule has 15 heavy (non-hydrogen) atoms. The van der Waals surface area contributed by atoms with Gasteiger partial charge in [-0.1, -0.05) is 49.6 Å². The molecule has 0 saturated heterocycles. The molecule has 1 fully saturated rings. The third kappa shape index (κ3) is 2.41. The third-order valence-corrected chi connectivity index (χ3v) is 3.43. The smallest absolute Gasteiger partial charge is 0.427 e. The molecule has 1 saturated carbocycles. The molecule has 2 N–H and O–H groups in total. The minimum atomic E-state index is -1.17. The van der Waals surface area contributed by atoms with E-state index in [4.69, 9.17) is 0 Å². The van der Waals surface area contributed by atoms with Crippen molar-refractivity contribution in [3.63, 3.8) is 0 Å². The molecule has 1 aromatic carbocycles. The Balaban J connectivity index is 2.18. The minimum Gasteiger partial charge on any atom is -0.427 e. The molecule has 0 unspecified atom stereocenters. The Morgan fingerprint density at radius 2 is 1.67 bits per heavy atom. The van der Waals surface area contributed by atoms with E-state index in [-0.39, 0.29) is 5.82 Å². The third-order valence-electron chi connectivity index (χ3n) is 3.43. The van der Waals surface area contributed by atoms with Gasteiger partial charge in [0.15, 0.2) is 0 Å². The quantitative estimate of drug-likeness (QED) is 0.725. The van der Waals surface area contributed by atoms with E-state index >= 15 is 0 Å². The molecule has 0 aliphatic heterocycles. The Labute approximate surface area is 91.1 Å². The van der Waals surface area contributed by atoms with E-state index in [0.29, 0.717) is 5.92 Å². The van der Waals surface area contributed by atoms with Crippen LogP contribution in [0.1, 0.15) is 37.2 Å². The first-order valence-electron chi connectivity index (χ1n) is 5.70. The minimum absolute atomic E-state index is 0.0150. The van der Waals surface area contributed by atoms with E-state index in [2.05, 4.69) is 12.1 Å². The van der Waals surface area contributed by atoms with Crippen molar-refractivity contribution in [3.05, 3.63) is 35.9 Å². The molecule has 2 atom stereocenters. The number of benzene rings is 1.